The minimum Gasteiger partial charge on any atom is -0.316 e. The van der Waals surface area contributed by atoms with Gasteiger partial charge in [0.15, 0.2) is 5.78 Å². The van der Waals surface area contributed by atoms with E-state index in [1.165, 1.54) is 0 Å². The van der Waals surface area contributed by atoms with Gasteiger partial charge in [-0.15, -0.1) is 0 Å². The number of halogens is 1. The molecule has 1 atom stereocenters. The summed E-state index contributed by atoms with van der Waals surface area (Å²) < 4.78 is 0. The van der Waals surface area contributed by atoms with Crippen molar-refractivity contribution in [3.05, 3.63) is 34.9 Å². The monoisotopic (exact) mass is 251 g/mol. The molecule has 1 aliphatic rings. The highest BCUT2D eigenvalue weighted by Crippen LogP contribution is 2.37. The van der Waals surface area contributed by atoms with E-state index in [9.17, 15) is 4.79 Å². The molecule has 0 amide bonds. The Balaban J connectivity index is 2.31. The summed E-state index contributed by atoms with van der Waals surface area (Å²) in [5.41, 5.74) is 0.528. The maximum Gasteiger partial charge on any atom is 0.170 e. The van der Waals surface area contributed by atoms with Crippen LogP contribution in [-0.2, 0) is 0 Å². The van der Waals surface area contributed by atoms with Crippen molar-refractivity contribution >= 4 is 17.4 Å². The molecule has 1 saturated heterocycles. The molecule has 0 aromatic heterocycles. The van der Waals surface area contributed by atoms with Crippen molar-refractivity contribution in [2.75, 3.05) is 13.1 Å². The maximum atomic E-state index is 12.6. The van der Waals surface area contributed by atoms with Crippen molar-refractivity contribution in [2.24, 2.45) is 11.3 Å². The van der Waals surface area contributed by atoms with Crippen LogP contribution in [0.15, 0.2) is 24.3 Å². The minimum absolute atomic E-state index is 0.242. The van der Waals surface area contributed by atoms with E-state index in [1.54, 1.807) is 12.1 Å². The standard InChI is InChI=1S/C14H18ClNO/c1-10(2)14(7-8-16-9-14)13(17)11-3-5-12(15)6-4-11/h3-6,10,16H,7-9H2,1-2H3. The maximum absolute atomic E-state index is 12.6. The molecule has 1 unspecified atom stereocenters. The predicted octanol–water partition coefficient (Wildman–Crippen LogP) is 3.16. The quantitative estimate of drug-likeness (QED) is 0.837. The van der Waals surface area contributed by atoms with Gasteiger partial charge >= 0.3 is 0 Å². The number of hydrogen-bond acceptors (Lipinski definition) is 2. The molecule has 1 fully saturated rings. The molecule has 0 spiro atoms. The second-order valence-corrected chi connectivity index (χ2v) is 5.51. The van der Waals surface area contributed by atoms with Gasteiger partial charge in [-0.3, -0.25) is 4.79 Å². The molecular formula is C14H18ClNO. The summed E-state index contributed by atoms with van der Waals surface area (Å²) in [5.74, 6) is 0.592. The summed E-state index contributed by atoms with van der Waals surface area (Å²) >= 11 is 5.85. The third kappa shape index (κ3) is 2.24. The van der Waals surface area contributed by atoms with Crippen LogP contribution in [0.25, 0.3) is 0 Å². The van der Waals surface area contributed by atoms with Gasteiger partial charge in [0.05, 0.1) is 0 Å². The van der Waals surface area contributed by atoms with E-state index in [-0.39, 0.29) is 11.2 Å². The Kier molecular flexibility index (Phi) is 3.55. The normalized spacial score (nSPS) is 24.2. The van der Waals surface area contributed by atoms with Gasteiger partial charge in [-0.1, -0.05) is 25.4 Å². The zero-order valence-electron chi connectivity index (χ0n) is 10.3. The summed E-state index contributed by atoms with van der Waals surface area (Å²) in [6.45, 7) is 5.96. The van der Waals surface area contributed by atoms with Crippen LogP contribution in [0.5, 0.6) is 0 Å². The first-order chi connectivity index (χ1) is 8.06. The fraction of sp³-hybridized carbons (Fsp3) is 0.500. The van der Waals surface area contributed by atoms with Gasteiger partial charge in [0, 0.05) is 22.5 Å². The number of carbonyl (C=O) groups is 1. The van der Waals surface area contributed by atoms with E-state index in [0.717, 1.165) is 25.1 Å². The van der Waals surface area contributed by atoms with E-state index in [1.807, 2.05) is 12.1 Å². The number of carbonyl (C=O) groups excluding carboxylic acids is 1. The van der Waals surface area contributed by atoms with Crippen LogP contribution < -0.4 is 5.32 Å². The summed E-state index contributed by atoms with van der Waals surface area (Å²) in [4.78, 5) is 12.6. The molecule has 0 aliphatic carbocycles. The number of Topliss-reactive ketones (excluding diaryl/α,β-unsaturated/α-hetero) is 1. The van der Waals surface area contributed by atoms with Crippen LogP contribution in [0.3, 0.4) is 0 Å². The lowest BCUT2D eigenvalue weighted by Crippen LogP contribution is -2.38. The molecule has 1 aliphatic heterocycles. The fourth-order valence-corrected chi connectivity index (χ4v) is 2.67. The van der Waals surface area contributed by atoms with Crippen molar-refractivity contribution in [3.63, 3.8) is 0 Å². The summed E-state index contributed by atoms with van der Waals surface area (Å²) in [5, 5.41) is 3.98. The predicted molar refractivity (Wildman–Crippen MR) is 70.5 cm³/mol. The molecule has 1 N–H and O–H groups in total. The Morgan fingerprint density at radius 1 is 1.35 bits per heavy atom. The second kappa shape index (κ2) is 4.79. The van der Waals surface area contributed by atoms with E-state index in [4.69, 9.17) is 11.6 Å². The molecule has 1 aromatic rings. The SMILES string of the molecule is CC(C)C1(C(=O)c2ccc(Cl)cc2)CCNC1. The van der Waals surface area contributed by atoms with Gasteiger partial charge in [0.1, 0.15) is 0 Å². The van der Waals surface area contributed by atoms with Gasteiger partial charge in [-0.05, 0) is 43.1 Å². The highest BCUT2D eigenvalue weighted by molar-refractivity contribution is 6.30. The largest absolute Gasteiger partial charge is 0.316 e. The van der Waals surface area contributed by atoms with E-state index in [0.29, 0.717) is 10.9 Å². The molecule has 1 aromatic carbocycles. The fourth-order valence-electron chi connectivity index (χ4n) is 2.55. The Morgan fingerprint density at radius 2 is 2.00 bits per heavy atom. The van der Waals surface area contributed by atoms with Crippen LogP contribution in [0.1, 0.15) is 30.6 Å². The Hall–Kier alpha value is -0.860. The molecule has 0 saturated carbocycles. The van der Waals surface area contributed by atoms with Crippen LogP contribution in [0.4, 0.5) is 0 Å². The number of hydrogen-bond donors (Lipinski definition) is 1. The van der Waals surface area contributed by atoms with E-state index in [2.05, 4.69) is 19.2 Å². The zero-order valence-corrected chi connectivity index (χ0v) is 11.1. The van der Waals surface area contributed by atoms with Crippen molar-refractivity contribution in [2.45, 2.75) is 20.3 Å². The average Bonchev–Trinajstić information content (AvgIpc) is 2.79. The molecule has 0 bridgehead atoms. The van der Waals surface area contributed by atoms with Gasteiger partial charge in [0.2, 0.25) is 0 Å². The topological polar surface area (TPSA) is 29.1 Å². The molecule has 0 radical (unpaired) electrons. The first-order valence-electron chi connectivity index (χ1n) is 6.07. The highest BCUT2D eigenvalue weighted by atomic mass is 35.5. The van der Waals surface area contributed by atoms with Crippen molar-refractivity contribution in [1.82, 2.24) is 5.32 Å². The van der Waals surface area contributed by atoms with Gasteiger partial charge in [0.25, 0.3) is 0 Å². The third-order valence-corrected chi connectivity index (χ3v) is 4.10. The Labute approximate surface area is 107 Å². The lowest BCUT2D eigenvalue weighted by molar-refractivity contribution is 0.0740. The molecule has 2 rings (SSSR count). The second-order valence-electron chi connectivity index (χ2n) is 5.07. The smallest absolute Gasteiger partial charge is 0.170 e. The van der Waals surface area contributed by atoms with Gasteiger partial charge in [-0.25, -0.2) is 0 Å². The summed E-state index contributed by atoms with van der Waals surface area (Å²) in [7, 11) is 0. The Bertz CT molecular complexity index is 405. The van der Waals surface area contributed by atoms with Gasteiger partial charge in [-0.2, -0.15) is 0 Å². The van der Waals surface area contributed by atoms with E-state index >= 15 is 0 Å². The van der Waals surface area contributed by atoms with Crippen LogP contribution in [0, 0.1) is 11.3 Å². The van der Waals surface area contributed by atoms with Crippen LogP contribution in [-0.4, -0.2) is 18.9 Å². The lowest BCUT2D eigenvalue weighted by Gasteiger charge is -2.31. The molecular weight excluding hydrogens is 234 g/mol. The third-order valence-electron chi connectivity index (χ3n) is 3.85. The average molecular weight is 252 g/mol. The van der Waals surface area contributed by atoms with Crippen molar-refractivity contribution in [1.29, 1.82) is 0 Å². The van der Waals surface area contributed by atoms with Crippen molar-refractivity contribution < 1.29 is 4.79 Å². The number of rotatable bonds is 3. The molecule has 92 valence electrons. The zero-order chi connectivity index (χ0) is 12.5. The number of ketones is 1. The lowest BCUT2D eigenvalue weighted by atomic mass is 9.71. The van der Waals surface area contributed by atoms with Crippen molar-refractivity contribution in [3.8, 4) is 0 Å². The summed E-state index contributed by atoms with van der Waals surface area (Å²) in [6.07, 6.45) is 0.923. The van der Waals surface area contributed by atoms with Crippen LogP contribution >= 0.6 is 11.6 Å². The van der Waals surface area contributed by atoms with Gasteiger partial charge < -0.3 is 5.32 Å². The molecule has 1 heterocycles. The Morgan fingerprint density at radius 3 is 2.47 bits per heavy atom. The van der Waals surface area contributed by atoms with Crippen LogP contribution in [0.2, 0.25) is 5.02 Å². The number of nitrogens with one attached hydrogen (secondary N) is 1. The molecule has 17 heavy (non-hydrogen) atoms. The first-order valence-corrected chi connectivity index (χ1v) is 6.45. The summed E-state index contributed by atoms with van der Waals surface area (Å²) in [6, 6.07) is 7.22. The molecule has 3 heteroatoms. The highest BCUT2D eigenvalue weighted by Gasteiger charge is 2.43. The number of benzene rings is 1. The molecule has 2 nitrogen and oxygen atoms in total. The first kappa shape index (κ1) is 12.6. The van der Waals surface area contributed by atoms with E-state index < -0.39 is 0 Å². The minimum atomic E-state index is -0.242.